The van der Waals surface area contributed by atoms with Gasteiger partial charge < -0.3 is 4.57 Å². The van der Waals surface area contributed by atoms with Gasteiger partial charge in [0.15, 0.2) is 5.82 Å². The average molecular weight is 740 g/mol. The normalized spacial score (nSPS) is 12.3. The van der Waals surface area contributed by atoms with Crippen LogP contribution in [0.25, 0.3) is 100 Å². The molecule has 0 unspecified atom stereocenters. The zero-order chi connectivity index (χ0) is 38.4. The summed E-state index contributed by atoms with van der Waals surface area (Å²) in [5.74, 6) is 0.715. The van der Waals surface area contributed by atoms with Crippen LogP contribution in [0.5, 0.6) is 0 Å². The Morgan fingerprint density at radius 2 is 1.03 bits per heavy atom. The van der Waals surface area contributed by atoms with Gasteiger partial charge in [0.05, 0.1) is 22.4 Å². The summed E-state index contributed by atoms with van der Waals surface area (Å²) in [6.45, 7) is 0. The van der Waals surface area contributed by atoms with Gasteiger partial charge in [-0.3, -0.25) is 0 Å². The number of hydrogen-bond acceptors (Lipinski definition) is 2. The maximum atomic E-state index is 5.16. The van der Waals surface area contributed by atoms with E-state index in [-0.39, 0.29) is 0 Å². The van der Waals surface area contributed by atoms with Crippen molar-refractivity contribution in [1.29, 1.82) is 0 Å². The Morgan fingerprint density at radius 1 is 0.397 bits per heavy atom. The molecule has 0 aliphatic heterocycles. The Hall–Kier alpha value is -7.62. The third-order valence-corrected chi connectivity index (χ3v) is 11.5. The van der Waals surface area contributed by atoms with Crippen LogP contribution in [0.15, 0.2) is 206 Å². The lowest BCUT2D eigenvalue weighted by Gasteiger charge is -2.14. The van der Waals surface area contributed by atoms with Gasteiger partial charge in [-0.2, -0.15) is 0 Å². The minimum Gasteiger partial charge on any atom is -0.309 e. The van der Waals surface area contributed by atoms with Crippen LogP contribution in [0, 0.1) is 0 Å². The van der Waals surface area contributed by atoms with E-state index < -0.39 is 0 Å². The maximum absolute atomic E-state index is 5.16. The molecular weight excluding hydrogens is 703 g/mol. The zero-order valence-corrected chi connectivity index (χ0v) is 31.8. The first-order chi connectivity index (χ1) is 28.7. The smallest absolute Gasteiger partial charge is 0.160 e. The van der Waals surface area contributed by atoms with Crippen LogP contribution in [0.2, 0.25) is 0 Å². The van der Waals surface area contributed by atoms with E-state index in [0.29, 0.717) is 5.82 Å². The molecule has 1 aliphatic carbocycles. The van der Waals surface area contributed by atoms with Gasteiger partial charge in [0, 0.05) is 33.2 Å². The fraction of sp³-hybridized carbons (Fsp3) is 0.0182. The fourth-order valence-electron chi connectivity index (χ4n) is 8.60. The van der Waals surface area contributed by atoms with E-state index in [0.717, 1.165) is 39.9 Å². The van der Waals surface area contributed by atoms with Crippen LogP contribution in [-0.2, 0) is 6.42 Å². The zero-order valence-electron chi connectivity index (χ0n) is 31.8. The van der Waals surface area contributed by atoms with Crippen LogP contribution in [0.4, 0.5) is 0 Å². The van der Waals surface area contributed by atoms with E-state index in [1.54, 1.807) is 0 Å². The van der Waals surface area contributed by atoms with Crippen molar-refractivity contribution in [2.75, 3.05) is 0 Å². The molecule has 0 bridgehead atoms. The highest BCUT2D eigenvalue weighted by molar-refractivity contribution is 6.11. The lowest BCUT2D eigenvalue weighted by Crippen LogP contribution is -1.96. The summed E-state index contributed by atoms with van der Waals surface area (Å²) in [4.78, 5) is 10.2. The van der Waals surface area contributed by atoms with Gasteiger partial charge >= 0.3 is 0 Å². The number of nitrogens with zero attached hydrogens (tertiary/aromatic N) is 3. The molecule has 0 spiro atoms. The summed E-state index contributed by atoms with van der Waals surface area (Å²) in [6, 6.07) is 67.4. The summed E-state index contributed by atoms with van der Waals surface area (Å²) in [5.41, 5.74) is 15.9. The largest absolute Gasteiger partial charge is 0.309 e. The molecule has 1 aliphatic rings. The highest BCUT2D eigenvalue weighted by atomic mass is 15.0. The highest BCUT2D eigenvalue weighted by Crippen LogP contribution is 2.39. The lowest BCUT2D eigenvalue weighted by molar-refractivity contribution is 1.16. The van der Waals surface area contributed by atoms with Gasteiger partial charge in [-0.05, 0) is 87.0 Å². The van der Waals surface area contributed by atoms with Gasteiger partial charge in [0.1, 0.15) is 0 Å². The SMILES string of the molecule is C1=CCc2ccc(-n3c4ccccc4c4cc(-c5ccc(-c6ccc(-c7cc(-c8ccccc8)nc(-c8ccccc8)n7)c7ccccc67)cc5)ccc43)cc2C=C1. The Bertz CT molecular complexity index is 3170. The molecule has 272 valence electrons. The number of hydrogen-bond donors (Lipinski definition) is 0. The summed E-state index contributed by atoms with van der Waals surface area (Å²) in [7, 11) is 0. The molecular formula is C55H37N3. The predicted molar refractivity (Wildman–Crippen MR) is 243 cm³/mol. The van der Waals surface area contributed by atoms with E-state index in [9.17, 15) is 0 Å². The van der Waals surface area contributed by atoms with Crippen molar-refractivity contribution in [2.24, 2.45) is 0 Å². The third kappa shape index (κ3) is 5.93. The number of rotatable bonds is 6. The Kier molecular flexibility index (Phi) is 8.22. The molecule has 0 amide bonds. The number of benzene rings is 8. The molecule has 11 rings (SSSR count). The first-order valence-electron chi connectivity index (χ1n) is 19.9. The predicted octanol–water partition coefficient (Wildman–Crippen LogP) is 14.2. The molecule has 58 heavy (non-hydrogen) atoms. The van der Waals surface area contributed by atoms with E-state index in [2.05, 4.69) is 193 Å². The molecule has 3 heteroatoms. The fourth-order valence-corrected chi connectivity index (χ4v) is 8.60. The van der Waals surface area contributed by atoms with Gasteiger partial charge in [-0.1, -0.05) is 176 Å². The topological polar surface area (TPSA) is 30.7 Å². The van der Waals surface area contributed by atoms with Crippen molar-refractivity contribution in [3.8, 4) is 61.8 Å². The monoisotopic (exact) mass is 739 g/mol. The molecule has 0 N–H and O–H groups in total. The van der Waals surface area contributed by atoms with Crippen molar-refractivity contribution in [2.45, 2.75) is 6.42 Å². The van der Waals surface area contributed by atoms with Crippen molar-refractivity contribution < 1.29 is 0 Å². The molecule has 0 radical (unpaired) electrons. The lowest BCUT2D eigenvalue weighted by atomic mass is 9.92. The second kappa shape index (κ2) is 14.1. The molecule has 2 aromatic heterocycles. The van der Waals surface area contributed by atoms with E-state index in [1.807, 2.05) is 24.3 Å². The molecule has 0 fully saturated rings. The van der Waals surface area contributed by atoms with Gasteiger partial charge in [-0.25, -0.2) is 9.97 Å². The number of allylic oxidation sites excluding steroid dienone is 3. The van der Waals surface area contributed by atoms with Crippen LogP contribution in [0.3, 0.4) is 0 Å². The molecule has 0 atom stereocenters. The Balaban J connectivity index is 0.971. The number of para-hydroxylation sites is 1. The van der Waals surface area contributed by atoms with Crippen LogP contribution in [0.1, 0.15) is 11.1 Å². The molecule has 10 aromatic rings. The summed E-state index contributed by atoms with van der Waals surface area (Å²) < 4.78 is 2.41. The second-order valence-electron chi connectivity index (χ2n) is 14.9. The second-order valence-corrected chi connectivity index (χ2v) is 14.9. The average Bonchev–Trinajstić information content (AvgIpc) is 3.43. The molecule has 2 heterocycles. The first-order valence-corrected chi connectivity index (χ1v) is 19.9. The van der Waals surface area contributed by atoms with Crippen LogP contribution in [-0.4, -0.2) is 14.5 Å². The van der Waals surface area contributed by atoms with Crippen molar-refractivity contribution in [3.63, 3.8) is 0 Å². The highest BCUT2D eigenvalue weighted by Gasteiger charge is 2.17. The van der Waals surface area contributed by atoms with Crippen LogP contribution < -0.4 is 0 Å². The minimum absolute atomic E-state index is 0.715. The molecule has 0 saturated carbocycles. The molecule has 0 saturated heterocycles. The van der Waals surface area contributed by atoms with Gasteiger partial charge in [0.25, 0.3) is 0 Å². The summed E-state index contributed by atoms with van der Waals surface area (Å²) >= 11 is 0. The van der Waals surface area contributed by atoms with Gasteiger partial charge in [0.2, 0.25) is 0 Å². The van der Waals surface area contributed by atoms with Crippen molar-refractivity contribution in [1.82, 2.24) is 14.5 Å². The molecule has 8 aromatic carbocycles. The van der Waals surface area contributed by atoms with Crippen molar-refractivity contribution in [3.05, 3.63) is 217 Å². The van der Waals surface area contributed by atoms with E-state index >= 15 is 0 Å². The maximum Gasteiger partial charge on any atom is 0.160 e. The van der Waals surface area contributed by atoms with Gasteiger partial charge in [-0.15, -0.1) is 0 Å². The standard InChI is InChI=1S/C55H37N3/c1-4-14-37-28-30-44(34-42(37)19-9-1)58-53-23-13-12-22-49(53)50-35-43(29-33-54(50)58)38-24-26-39(27-25-38)45-31-32-48(47-21-11-10-20-46(45)47)52-36-51(40-15-5-2-6-16-40)56-55(57-52)41-17-7-3-8-18-41/h1-13,15-36H,14H2. The number of fused-ring (bicyclic) bond motifs is 5. The Morgan fingerprint density at radius 3 is 1.84 bits per heavy atom. The summed E-state index contributed by atoms with van der Waals surface area (Å²) in [6.07, 6.45) is 9.67. The summed E-state index contributed by atoms with van der Waals surface area (Å²) in [5, 5.41) is 4.85. The first kappa shape index (κ1) is 33.7. The van der Waals surface area contributed by atoms with Crippen molar-refractivity contribution >= 4 is 38.7 Å². The quantitative estimate of drug-likeness (QED) is 0.170. The van der Waals surface area contributed by atoms with E-state index in [4.69, 9.17) is 9.97 Å². The van der Waals surface area contributed by atoms with Crippen LogP contribution >= 0.6 is 0 Å². The van der Waals surface area contributed by atoms with E-state index in [1.165, 1.54) is 66.3 Å². The Labute approximate surface area is 337 Å². The molecule has 3 nitrogen and oxygen atoms in total. The number of aromatic nitrogens is 3. The third-order valence-electron chi connectivity index (χ3n) is 11.5. The minimum atomic E-state index is 0.715.